The van der Waals surface area contributed by atoms with Crippen molar-refractivity contribution >= 4 is 17.7 Å². The zero-order valence-corrected chi connectivity index (χ0v) is 16.9. The van der Waals surface area contributed by atoms with Gasteiger partial charge in [-0.05, 0) is 37.5 Å². The first-order valence-electron chi connectivity index (χ1n) is 10.2. The lowest BCUT2D eigenvalue weighted by Gasteiger charge is -2.36. The molecule has 0 spiro atoms. The lowest BCUT2D eigenvalue weighted by molar-refractivity contribution is -0.136. The number of hydrogen-bond donors (Lipinski definition) is 3. The van der Waals surface area contributed by atoms with Crippen molar-refractivity contribution < 1.29 is 19.1 Å². The van der Waals surface area contributed by atoms with E-state index >= 15 is 0 Å². The summed E-state index contributed by atoms with van der Waals surface area (Å²) in [7, 11) is 0. The average molecular weight is 400 g/mol. The van der Waals surface area contributed by atoms with Crippen molar-refractivity contribution in [3.05, 3.63) is 34.9 Å². The Balaban J connectivity index is 1.35. The number of morpholine rings is 1. The second-order valence-corrected chi connectivity index (χ2v) is 8.65. The molecule has 1 aromatic carbocycles. The highest BCUT2D eigenvalue weighted by Gasteiger charge is 2.39. The molecule has 0 aromatic heterocycles. The minimum absolute atomic E-state index is 0.123. The molecule has 8 nitrogen and oxygen atoms in total. The molecule has 8 heteroatoms. The van der Waals surface area contributed by atoms with Gasteiger partial charge in [0.25, 0.3) is 5.91 Å². The molecule has 29 heavy (non-hydrogen) atoms. The van der Waals surface area contributed by atoms with Gasteiger partial charge in [-0.2, -0.15) is 0 Å². The van der Waals surface area contributed by atoms with Crippen molar-refractivity contribution in [3.8, 4) is 0 Å². The van der Waals surface area contributed by atoms with E-state index in [-0.39, 0.29) is 35.8 Å². The zero-order chi connectivity index (χ0) is 20.6. The Morgan fingerprint density at radius 2 is 2.10 bits per heavy atom. The van der Waals surface area contributed by atoms with Crippen molar-refractivity contribution in [3.63, 3.8) is 0 Å². The van der Waals surface area contributed by atoms with Crippen molar-refractivity contribution in [2.24, 2.45) is 0 Å². The van der Waals surface area contributed by atoms with Gasteiger partial charge in [0.15, 0.2) is 0 Å². The smallest absolute Gasteiger partial charge is 0.255 e. The molecule has 3 amide bonds. The summed E-state index contributed by atoms with van der Waals surface area (Å²) in [5, 5.41) is 9.16. The maximum atomic E-state index is 12.7. The molecular formula is C21H28N4O4. The van der Waals surface area contributed by atoms with Crippen LogP contribution in [-0.2, 0) is 27.4 Å². The summed E-state index contributed by atoms with van der Waals surface area (Å²) in [5.74, 6) is -0.796. The van der Waals surface area contributed by atoms with Gasteiger partial charge < -0.3 is 20.3 Å². The first-order valence-corrected chi connectivity index (χ1v) is 10.2. The number of ether oxygens (including phenoxy) is 1. The fourth-order valence-corrected chi connectivity index (χ4v) is 4.30. The molecule has 2 saturated heterocycles. The fraction of sp³-hybridized carbons (Fsp3) is 0.571. The molecule has 0 aliphatic carbocycles. The van der Waals surface area contributed by atoms with Gasteiger partial charge in [0, 0.05) is 44.7 Å². The second-order valence-electron chi connectivity index (χ2n) is 8.65. The minimum atomic E-state index is -0.575. The number of nitrogens with one attached hydrogen (secondary N) is 3. The van der Waals surface area contributed by atoms with E-state index in [0.717, 1.165) is 30.8 Å². The summed E-state index contributed by atoms with van der Waals surface area (Å²) in [6.07, 6.45) is 0.767. The van der Waals surface area contributed by atoms with Crippen LogP contribution in [0.4, 0.5) is 0 Å². The predicted molar refractivity (Wildman–Crippen MR) is 106 cm³/mol. The number of fused-ring (bicyclic) bond motifs is 1. The van der Waals surface area contributed by atoms with E-state index in [0.29, 0.717) is 25.1 Å². The van der Waals surface area contributed by atoms with E-state index in [1.807, 2.05) is 18.2 Å². The molecule has 3 heterocycles. The zero-order valence-electron chi connectivity index (χ0n) is 16.9. The fourth-order valence-electron chi connectivity index (χ4n) is 4.30. The Hall–Kier alpha value is -2.29. The number of nitrogens with zero attached hydrogens (tertiary/aromatic N) is 1. The van der Waals surface area contributed by atoms with Crippen LogP contribution >= 0.6 is 0 Å². The summed E-state index contributed by atoms with van der Waals surface area (Å²) in [4.78, 5) is 37.8. The lowest BCUT2D eigenvalue weighted by atomic mass is 10.0. The van der Waals surface area contributed by atoms with Crippen LogP contribution in [0.3, 0.4) is 0 Å². The van der Waals surface area contributed by atoms with Crippen molar-refractivity contribution in [1.82, 2.24) is 20.9 Å². The van der Waals surface area contributed by atoms with Crippen LogP contribution in [0.2, 0.25) is 0 Å². The Morgan fingerprint density at radius 1 is 1.28 bits per heavy atom. The number of carbonyl (C=O) groups excluding carboxylic acids is 3. The third kappa shape index (κ3) is 4.34. The summed E-state index contributed by atoms with van der Waals surface area (Å²) in [6.45, 7) is 7.67. The number of hydrogen-bond acceptors (Lipinski definition) is 6. The van der Waals surface area contributed by atoms with Crippen LogP contribution in [0.25, 0.3) is 0 Å². The van der Waals surface area contributed by atoms with E-state index in [9.17, 15) is 14.4 Å². The largest absolute Gasteiger partial charge is 0.368 e. The quantitative estimate of drug-likeness (QED) is 0.615. The van der Waals surface area contributed by atoms with Crippen LogP contribution in [0.15, 0.2) is 18.2 Å². The molecule has 2 atom stereocenters. The Bertz CT molecular complexity index is 838. The number of amides is 3. The number of rotatable bonds is 5. The predicted octanol–water partition coefficient (Wildman–Crippen LogP) is 0.304. The van der Waals surface area contributed by atoms with Gasteiger partial charge in [0.1, 0.15) is 6.04 Å². The molecule has 156 valence electrons. The molecule has 3 N–H and O–H groups in total. The SMILES string of the molecule is CC1(C)CNCC(CNCc2ccc3c(c2)CN(C2CCC(=O)NC2=O)C3=O)O1. The van der Waals surface area contributed by atoms with Crippen LogP contribution in [0.1, 0.15) is 48.2 Å². The molecule has 3 aliphatic heterocycles. The Labute approximate surface area is 170 Å². The number of carbonyl (C=O) groups is 3. The van der Waals surface area contributed by atoms with Gasteiger partial charge >= 0.3 is 0 Å². The van der Waals surface area contributed by atoms with Gasteiger partial charge in [0.2, 0.25) is 11.8 Å². The van der Waals surface area contributed by atoms with E-state index in [2.05, 4.69) is 29.8 Å². The number of imide groups is 1. The second kappa shape index (κ2) is 7.85. The molecule has 4 rings (SSSR count). The molecule has 2 fully saturated rings. The molecule has 0 saturated carbocycles. The minimum Gasteiger partial charge on any atom is -0.368 e. The first-order chi connectivity index (χ1) is 13.8. The molecule has 0 radical (unpaired) electrons. The highest BCUT2D eigenvalue weighted by atomic mass is 16.5. The third-order valence-electron chi connectivity index (χ3n) is 5.70. The van der Waals surface area contributed by atoms with Gasteiger partial charge in [-0.1, -0.05) is 12.1 Å². The monoisotopic (exact) mass is 400 g/mol. The summed E-state index contributed by atoms with van der Waals surface area (Å²) >= 11 is 0. The van der Waals surface area contributed by atoms with E-state index in [1.54, 1.807) is 4.90 Å². The van der Waals surface area contributed by atoms with Crippen LogP contribution in [0.5, 0.6) is 0 Å². The van der Waals surface area contributed by atoms with E-state index in [1.165, 1.54) is 0 Å². The summed E-state index contributed by atoms with van der Waals surface area (Å²) < 4.78 is 6.06. The maximum absolute atomic E-state index is 12.7. The summed E-state index contributed by atoms with van der Waals surface area (Å²) in [6, 6.07) is 5.23. The van der Waals surface area contributed by atoms with Crippen LogP contribution in [0, 0.1) is 0 Å². The molecular weight excluding hydrogens is 372 g/mol. The number of benzene rings is 1. The standard InChI is InChI=1S/C21H28N4O4/c1-21(2)12-23-10-15(29-21)9-22-8-13-3-4-16-14(7-13)11-25(20(16)28)17-5-6-18(26)24-19(17)27/h3-4,7,15,17,22-23H,5-6,8-12H2,1-2H3,(H,24,26,27). The highest BCUT2D eigenvalue weighted by molar-refractivity contribution is 6.05. The normalized spacial score (nSPS) is 26.4. The highest BCUT2D eigenvalue weighted by Crippen LogP contribution is 2.28. The third-order valence-corrected chi connectivity index (χ3v) is 5.70. The molecule has 0 bridgehead atoms. The van der Waals surface area contributed by atoms with Crippen molar-refractivity contribution in [1.29, 1.82) is 0 Å². The van der Waals surface area contributed by atoms with Crippen molar-refractivity contribution in [2.75, 3.05) is 19.6 Å². The van der Waals surface area contributed by atoms with Crippen LogP contribution < -0.4 is 16.0 Å². The lowest BCUT2D eigenvalue weighted by Crippen LogP contribution is -2.53. The Kier molecular flexibility index (Phi) is 5.42. The van der Waals surface area contributed by atoms with Crippen LogP contribution in [-0.4, -0.2) is 60.0 Å². The topological polar surface area (TPSA) is 99.8 Å². The maximum Gasteiger partial charge on any atom is 0.255 e. The van der Waals surface area contributed by atoms with Gasteiger partial charge in [0.05, 0.1) is 11.7 Å². The average Bonchev–Trinajstić information content (AvgIpc) is 2.97. The molecule has 3 aliphatic rings. The van der Waals surface area contributed by atoms with E-state index < -0.39 is 6.04 Å². The first kappa shape index (κ1) is 20.0. The van der Waals surface area contributed by atoms with Gasteiger partial charge in [-0.3, -0.25) is 19.7 Å². The molecule has 2 unspecified atom stereocenters. The Morgan fingerprint density at radius 3 is 2.86 bits per heavy atom. The van der Waals surface area contributed by atoms with Gasteiger partial charge in [-0.25, -0.2) is 0 Å². The van der Waals surface area contributed by atoms with Gasteiger partial charge in [-0.15, -0.1) is 0 Å². The van der Waals surface area contributed by atoms with Crippen molar-refractivity contribution in [2.45, 2.75) is 57.5 Å². The van der Waals surface area contributed by atoms with E-state index in [4.69, 9.17) is 4.74 Å². The number of piperidine rings is 1. The molecule has 1 aromatic rings. The summed E-state index contributed by atoms with van der Waals surface area (Å²) in [5.41, 5.74) is 2.50.